The SMILES string of the molecule is COc1cc2c(cc1OC)C(O)(O)CC1=C2c2ccc(C#N)cc2C1(C)C. The predicted octanol–water partition coefficient (Wildman–Crippen LogP) is 3.21. The first-order chi connectivity index (χ1) is 12.7. The molecule has 2 aromatic rings. The van der Waals surface area contributed by atoms with Crippen molar-refractivity contribution in [2.24, 2.45) is 0 Å². The first-order valence-corrected chi connectivity index (χ1v) is 8.75. The summed E-state index contributed by atoms with van der Waals surface area (Å²) in [7, 11) is 3.07. The van der Waals surface area contributed by atoms with Gasteiger partial charge in [0.25, 0.3) is 0 Å². The lowest BCUT2D eigenvalue weighted by Gasteiger charge is -2.35. The number of aliphatic hydroxyl groups is 2. The Balaban J connectivity index is 2.06. The van der Waals surface area contributed by atoms with Crippen LogP contribution in [-0.2, 0) is 11.2 Å². The fraction of sp³-hybridized carbons (Fsp3) is 0.318. The quantitative estimate of drug-likeness (QED) is 0.801. The third-order valence-corrected chi connectivity index (χ3v) is 5.80. The van der Waals surface area contributed by atoms with Crippen molar-refractivity contribution in [1.82, 2.24) is 0 Å². The van der Waals surface area contributed by atoms with Crippen LogP contribution in [0, 0.1) is 11.3 Å². The Labute approximate surface area is 158 Å². The van der Waals surface area contributed by atoms with E-state index in [1.54, 1.807) is 25.3 Å². The first-order valence-electron chi connectivity index (χ1n) is 8.75. The van der Waals surface area contributed by atoms with E-state index < -0.39 is 11.2 Å². The summed E-state index contributed by atoms with van der Waals surface area (Å²) in [6.45, 7) is 4.11. The predicted molar refractivity (Wildman–Crippen MR) is 100 cm³/mol. The van der Waals surface area contributed by atoms with Crippen LogP contribution < -0.4 is 9.47 Å². The minimum absolute atomic E-state index is 0.0917. The highest BCUT2D eigenvalue weighted by atomic mass is 16.5. The standard InChI is InChI=1S/C22H21NO4/c1-21(2)15-7-12(11-23)5-6-13(15)20-14-8-18(26-3)19(27-4)9-16(14)22(24,25)10-17(20)21/h5-9,24-25H,10H2,1-4H3. The zero-order chi connectivity index (χ0) is 19.6. The van der Waals surface area contributed by atoms with Crippen molar-refractivity contribution in [1.29, 1.82) is 5.26 Å². The summed E-state index contributed by atoms with van der Waals surface area (Å²) in [5.41, 5.74) is 5.24. The average Bonchev–Trinajstić information content (AvgIpc) is 2.87. The van der Waals surface area contributed by atoms with Gasteiger partial charge in [0.2, 0.25) is 0 Å². The Bertz CT molecular complexity index is 1040. The molecule has 138 valence electrons. The summed E-state index contributed by atoms with van der Waals surface area (Å²) in [6, 6.07) is 11.3. The van der Waals surface area contributed by atoms with Gasteiger partial charge in [-0.15, -0.1) is 0 Å². The molecule has 0 saturated heterocycles. The van der Waals surface area contributed by atoms with Crippen LogP contribution >= 0.6 is 0 Å². The van der Waals surface area contributed by atoms with E-state index in [9.17, 15) is 15.5 Å². The van der Waals surface area contributed by atoms with Gasteiger partial charge in [-0.3, -0.25) is 0 Å². The fourth-order valence-electron chi connectivity index (χ4n) is 4.36. The third kappa shape index (κ3) is 2.31. The molecule has 27 heavy (non-hydrogen) atoms. The summed E-state index contributed by atoms with van der Waals surface area (Å²) in [4.78, 5) is 0. The van der Waals surface area contributed by atoms with Crippen LogP contribution in [-0.4, -0.2) is 24.4 Å². The second kappa shape index (κ2) is 5.59. The molecule has 0 aliphatic heterocycles. The molecule has 0 atom stereocenters. The Kier molecular flexibility index (Phi) is 3.64. The largest absolute Gasteiger partial charge is 0.493 e. The summed E-state index contributed by atoms with van der Waals surface area (Å²) in [6.07, 6.45) is 0.0917. The zero-order valence-electron chi connectivity index (χ0n) is 15.8. The average molecular weight is 363 g/mol. The number of hydrogen-bond acceptors (Lipinski definition) is 5. The van der Waals surface area contributed by atoms with Gasteiger partial charge in [0, 0.05) is 17.4 Å². The number of nitriles is 1. The van der Waals surface area contributed by atoms with Gasteiger partial charge in [-0.1, -0.05) is 19.9 Å². The first kappa shape index (κ1) is 17.6. The molecule has 5 heteroatoms. The molecule has 2 aliphatic rings. The minimum atomic E-state index is -2.01. The Hall–Kier alpha value is -2.81. The van der Waals surface area contributed by atoms with Gasteiger partial charge in [0.1, 0.15) is 0 Å². The molecular formula is C22H21NO4. The smallest absolute Gasteiger partial charge is 0.194 e. The van der Waals surface area contributed by atoms with Crippen LogP contribution in [0.3, 0.4) is 0 Å². The highest BCUT2D eigenvalue weighted by Crippen LogP contribution is 2.57. The van der Waals surface area contributed by atoms with Crippen LogP contribution in [0.4, 0.5) is 0 Å². The molecule has 0 spiro atoms. The van der Waals surface area contributed by atoms with Crippen molar-refractivity contribution in [3.8, 4) is 17.6 Å². The molecule has 5 nitrogen and oxygen atoms in total. The van der Waals surface area contributed by atoms with Gasteiger partial charge >= 0.3 is 0 Å². The van der Waals surface area contributed by atoms with Crippen molar-refractivity contribution in [2.45, 2.75) is 31.5 Å². The Morgan fingerprint density at radius 3 is 2.26 bits per heavy atom. The molecule has 0 heterocycles. The fourth-order valence-corrected chi connectivity index (χ4v) is 4.36. The van der Waals surface area contributed by atoms with Gasteiger partial charge in [0.15, 0.2) is 17.3 Å². The van der Waals surface area contributed by atoms with E-state index in [0.717, 1.165) is 27.8 Å². The summed E-state index contributed by atoms with van der Waals surface area (Å²) >= 11 is 0. The normalized spacial score (nSPS) is 18.3. The molecule has 0 amide bonds. The number of rotatable bonds is 2. The monoisotopic (exact) mass is 363 g/mol. The molecule has 2 aromatic carbocycles. The molecular weight excluding hydrogens is 342 g/mol. The van der Waals surface area contributed by atoms with Crippen molar-refractivity contribution in [3.05, 3.63) is 63.7 Å². The maximum absolute atomic E-state index is 10.8. The van der Waals surface area contributed by atoms with E-state index in [1.165, 1.54) is 7.11 Å². The number of benzene rings is 2. The third-order valence-electron chi connectivity index (χ3n) is 5.80. The van der Waals surface area contributed by atoms with E-state index in [-0.39, 0.29) is 6.42 Å². The number of ether oxygens (including phenoxy) is 2. The molecule has 4 rings (SSSR count). The van der Waals surface area contributed by atoms with Crippen LogP contribution in [0.25, 0.3) is 5.57 Å². The van der Waals surface area contributed by atoms with Gasteiger partial charge in [-0.05, 0) is 52.1 Å². The van der Waals surface area contributed by atoms with Crippen LogP contribution in [0.5, 0.6) is 11.5 Å². The zero-order valence-corrected chi connectivity index (χ0v) is 15.8. The summed E-state index contributed by atoms with van der Waals surface area (Å²) < 4.78 is 10.8. The lowest BCUT2D eigenvalue weighted by atomic mass is 9.74. The Morgan fingerprint density at radius 1 is 0.963 bits per heavy atom. The second-order valence-corrected chi connectivity index (χ2v) is 7.60. The van der Waals surface area contributed by atoms with Crippen molar-refractivity contribution < 1.29 is 19.7 Å². The maximum Gasteiger partial charge on any atom is 0.194 e. The molecule has 0 saturated carbocycles. The lowest BCUT2D eigenvalue weighted by Crippen LogP contribution is -2.33. The molecule has 0 unspecified atom stereocenters. The van der Waals surface area contributed by atoms with Gasteiger partial charge in [-0.25, -0.2) is 0 Å². The highest BCUT2D eigenvalue weighted by molar-refractivity contribution is 5.93. The summed E-state index contributed by atoms with van der Waals surface area (Å²) in [5, 5.41) is 31.0. The Morgan fingerprint density at radius 2 is 1.63 bits per heavy atom. The van der Waals surface area contributed by atoms with Gasteiger partial charge < -0.3 is 19.7 Å². The number of fused-ring (bicyclic) bond motifs is 4. The number of nitrogens with zero attached hydrogens (tertiary/aromatic N) is 1. The van der Waals surface area contributed by atoms with Crippen LogP contribution in [0.2, 0.25) is 0 Å². The molecule has 0 bridgehead atoms. The molecule has 0 aromatic heterocycles. The van der Waals surface area contributed by atoms with Gasteiger partial charge in [-0.2, -0.15) is 5.26 Å². The van der Waals surface area contributed by atoms with Crippen molar-refractivity contribution in [2.75, 3.05) is 14.2 Å². The van der Waals surface area contributed by atoms with Crippen LogP contribution in [0.15, 0.2) is 35.9 Å². The maximum atomic E-state index is 10.8. The second-order valence-electron chi connectivity index (χ2n) is 7.60. The summed E-state index contributed by atoms with van der Waals surface area (Å²) in [5.74, 6) is -1.03. The van der Waals surface area contributed by atoms with Crippen molar-refractivity contribution >= 4 is 5.57 Å². The van der Waals surface area contributed by atoms with Gasteiger partial charge in [0.05, 0.1) is 25.9 Å². The highest BCUT2D eigenvalue weighted by Gasteiger charge is 2.47. The van der Waals surface area contributed by atoms with E-state index in [1.807, 2.05) is 12.1 Å². The number of methoxy groups -OCH3 is 2. The lowest BCUT2D eigenvalue weighted by molar-refractivity contribution is -0.170. The van der Waals surface area contributed by atoms with Crippen molar-refractivity contribution in [3.63, 3.8) is 0 Å². The van der Waals surface area contributed by atoms with E-state index in [0.29, 0.717) is 22.6 Å². The van der Waals surface area contributed by atoms with E-state index >= 15 is 0 Å². The minimum Gasteiger partial charge on any atom is -0.493 e. The topological polar surface area (TPSA) is 82.7 Å². The van der Waals surface area contributed by atoms with E-state index in [4.69, 9.17) is 9.47 Å². The molecule has 0 fully saturated rings. The molecule has 2 aliphatic carbocycles. The number of hydrogen-bond donors (Lipinski definition) is 2. The van der Waals surface area contributed by atoms with Crippen LogP contribution in [0.1, 0.15) is 48.1 Å². The molecule has 2 N–H and O–H groups in total. The van der Waals surface area contributed by atoms with E-state index in [2.05, 4.69) is 19.9 Å². The molecule has 0 radical (unpaired) electrons.